The number of likely N-dealkylation sites (N-methyl/N-ethyl adjacent to an activating group) is 1. The van der Waals surface area contributed by atoms with Crippen LogP contribution in [-0.4, -0.2) is 66.4 Å². The summed E-state index contributed by atoms with van der Waals surface area (Å²) in [5, 5.41) is 0. The van der Waals surface area contributed by atoms with Gasteiger partial charge in [0.1, 0.15) is 0 Å². The van der Waals surface area contributed by atoms with Crippen LogP contribution in [0.25, 0.3) is 0 Å². The molecule has 1 amide bonds. The number of nitrogens with zero attached hydrogens (tertiary/aromatic N) is 3. The number of hydrogen-bond acceptors (Lipinski definition) is 3. The van der Waals surface area contributed by atoms with Crippen molar-refractivity contribution in [3.8, 4) is 0 Å². The van der Waals surface area contributed by atoms with Crippen LogP contribution in [0.3, 0.4) is 0 Å². The van der Waals surface area contributed by atoms with E-state index in [-0.39, 0.29) is 5.91 Å². The van der Waals surface area contributed by atoms with Crippen LogP contribution in [-0.2, 0) is 13.0 Å². The fraction of sp³-hybridized carbons (Fsp3) is 0.500. The Bertz CT molecular complexity index is 806. The highest BCUT2D eigenvalue weighted by Gasteiger charge is 2.22. The summed E-state index contributed by atoms with van der Waals surface area (Å²) in [6.07, 6.45) is 3.72. The zero-order chi connectivity index (χ0) is 20.8. The van der Waals surface area contributed by atoms with E-state index >= 15 is 0 Å². The van der Waals surface area contributed by atoms with E-state index in [2.05, 4.69) is 59.2 Å². The van der Waals surface area contributed by atoms with Gasteiger partial charge in [0.25, 0.3) is 5.91 Å². The van der Waals surface area contributed by atoms with Crippen molar-refractivity contribution in [2.75, 3.05) is 45.8 Å². The van der Waals surface area contributed by atoms with Crippen molar-refractivity contribution in [3.63, 3.8) is 0 Å². The Labute approximate surface area is 181 Å². The van der Waals surface area contributed by atoms with Gasteiger partial charge in [0.05, 0.1) is 0 Å². The topological polar surface area (TPSA) is 26.8 Å². The molecule has 2 aliphatic rings. The normalized spacial score (nSPS) is 19.2. The minimum Gasteiger partial charge on any atom is -0.336 e. The summed E-state index contributed by atoms with van der Waals surface area (Å²) in [6.45, 7) is 10.1. The maximum atomic E-state index is 12.9. The molecule has 0 atom stereocenters. The van der Waals surface area contributed by atoms with E-state index in [9.17, 15) is 4.79 Å². The molecule has 160 valence electrons. The van der Waals surface area contributed by atoms with Gasteiger partial charge >= 0.3 is 0 Å². The van der Waals surface area contributed by atoms with E-state index < -0.39 is 0 Å². The van der Waals surface area contributed by atoms with Crippen LogP contribution in [0.4, 0.5) is 0 Å². The minimum atomic E-state index is 0.189. The Morgan fingerprint density at radius 2 is 1.53 bits per heavy atom. The quantitative estimate of drug-likeness (QED) is 0.729. The van der Waals surface area contributed by atoms with Crippen molar-refractivity contribution >= 4 is 5.91 Å². The molecule has 0 bridgehead atoms. The van der Waals surface area contributed by atoms with Crippen molar-refractivity contribution in [2.45, 2.75) is 32.7 Å². The summed E-state index contributed by atoms with van der Waals surface area (Å²) in [5.74, 6) is 0.979. The highest BCUT2D eigenvalue weighted by atomic mass is 16.2. The van der Waals surface area contributed by atoms with E-state index in [1.54, 1.807) is 0 Å². The molecular formula is C26H35N3O. The average Bonchev–Trinajstić information content (AvgIpc) is 2.81. The molecule has 0 aromatic heterocycles. The monoisotopic (exact) mass is 405 g/mol. The molecule has 0 N–H and O–H groups in total. The van der Waals surface area contributed by atoms with Crippen LogP contribution >= 0.6 is 0 Å². The first-order valence-corrected chi connectivity index (χ1v) is 11.6. The van der Waals surface area contributed by atoms with E-state index in [1.165, 1.54) is 30.4 Å². The molecule has 2 heterocycles. The van der Waals surface area contributed by atoms with Crippen molar-refractivity contribution in [3.05, 3.63) is 71.3 Å². The van der Waals surface area contributed by atoms with E-state index in [0.717, 1.165) is 63.8 Å². The van der Waals surface area contributed by atoms with E-state index in [0.29, 0.717) is 0 Å². The zero-order valence-electron chi connectivity index (χ0n) is 18.3. The van der Waals surface area contributed by atoms with Crippen LogP contribution in [0.5, 0.6) is 0 Å². The Kier molecular flexibility index (Phi) is 7.19. The molecule has 2 fully saturated rings. The number of piperazine rings is 1. The highest BCUT2D eigenvalue weighted by Crippen LogP contribution is 2.23. The van der Waals surface area contributed by atoms with Crippen LogP contribution < -0.4 is 0 Å². The lowest BCUT2D eigenvalue weighted by Gasteiger charge is -2.34. The maximum absolute atomic E-state index is 12.9. The predicted octanol–water partition coefficient (Wildman–Crippen LogP) is 3.92. The Morgan fingerprint density at radius 1 is 0.833 bits per heavy atom. The number of carbonyl (C=O) groups is 1. The first kappa shape index (κ1) is 21.1. The molecule has 0 unspecified atom stereocenters. The smallest absolute Gasteiger partial charge is 0.253 e. The van der Waals surface area contributed by atoms with Gasteiger partial charge in [-0.3, -0.25) is 9.69 Å². The van der Waals surface area contributed by atoms with Crippen LogP contribution in [0.1, 0.15) is 41.3 Å². The van der Waals surface area contributed by atoms with Gasteiger partial charge < -0.3 is 9.80 Å². The standard InChI is InChI=1S/C26H35N3O/c1-2-27-15-17-29(18-16-27)26(30)25-10-6-9-24(20-25)21-28-13-11-23(12-14-28)19-22-7-4-3-5-8-22/h3-10,20,23H,2,11-19,21H2,1H3. The number of hydrogen-bond donors (Lipinski definition) is 0. The van der Waals surface area contributed by atoms with Gasteiger partial charge in [0.15, 0.2) is 0 Å². The summed E-state index contributed by atoms with van der Waals surface area (Å²) < 4.78 is 0. The molecule has 4 rings (SSSR count). The summed E-state index contributed by atoms with van der Waals surface area (Å²) in [4.78, 5) is 19.9. The molecule has 2 aromatic carbocycles. The Hall–Kier alpha value is -2.17. The first-order valence-electron chi connectivity index (χ1n) is 11.6. The second-order valence-corrected chi connectivity index (χ2v) is 8.84. The van der Waals surface area contributed by atoms with Crippen LogP contribution in [0.2, 0.25) is 0 Å². The third-order valence-corrected chi connectivity index (χ3v) is 6.76. The lowest BCUT2D eigenvalue weighted by atomic mass is 9.90. The van der Waals surface area contributed by atoms with Crippen LogP contribution in [0.15, 0.2) is 54.6 Å². The lowest BCUT2D eigenvalue weighted by molar-refractivity contribution is 0.0643. The van der Waals surface area contributed by atoms with Gasteiger partial charge in [-0.25, -0.2) is 0 Å². The zero-order valence-corrected chi connectivity index (χ0v) is 18.3. The van der Waals surface area contributed by atoms with Crippen molar-refractivity contribution < 1.29 is 4.79 Å². The molecule has 0 spiro atoms. The number of benzene rings is 2. The molecule has 0 aliphatic carbocycles. The predicted molar refractivity (Wildman–Crippen MR) is 123 cm³/mol. The molecular weight excluding hydrogens is 370 g/mol. The molecule has 0 saturated carbocycles. The molecule has 2 aliphatic heterocycles. The van der Waals surface area contributed by atoms with E-state index in [4.69, 9.17) is 0 Å². The highest BCUT2D eigenvalue weighted by molar-refractivity contribution is 5.94. The fourth-order valence-electron chi connectivity index (χ4n) is 4.81. The summed E-state index contributed by atoms with van der Waals surface area (Å²) in [5.41, 5.74) is 3.56. The molecule has 4 heteroatoms. The molecule has 2 saturated heterocycles. The third-order valence-electron chi connectivity index (χ3n) is 6.76. The largest absolute Gasteiger partial charge is 0.336 e. The average molecular weight is 406 g/mol. The second kappa shape index (κ2) is 10.2. The number of carbonyl (C=O) groups excluding carboxylic acids is 1. The summed E-state index contributed by atoms with van der Waals surface area (Å²) in [7, 11) is 0. The fourth-order valence-corrected chi connectivity index (χ4v) is 4.81. The number of amides is 1. The Morgan fingerprint density at radius 3 is 2.23 bits per heavy atom. The van der Waals surface area contributed by atoms with Gasteiger partial charge in [0.2, 0.25) is 0 Å². The number of likely N-dealkylation sites (tertiary alicyclic amines) is 1. The SMILES string of the molecule is CCN1CCN(C(=O)c2cccc(CN3CCC(Cc4ccccc4)CC3)c2)CC1. The lowest BCUT2D eigenvalue weighted by Crippen LogP contribution is -2.48. The molecule has 4 nitrogen and oxygen atoms in total. The molecule has 0 radical (unpaired) electrons. The molecule has 2 aromatic rings. The van der Waals surface area contributed by atoms with Crippen molar-refractivity contribution in [1.82, 2.24) is 14.7 Å². The minimum absolute atomic E-state index is 0.189. The van der Waals surface area contributed by atoms with Crippen LogP contribution in [0, 0.1) is 5.92 Å². The number of rotatable bonds is 6. The Balaban J connectivity index is 1.28. The van der Waals surface area contributed by atoms with Gasteiger partial charge in [-0.05, 0) is 68.1 Å². The first-order chi connectivity index (χ1) is 14.7. The maximum Gasteiger partial charge on any atom is 0.253 e. The summed E-state index contributed by atoms with van der Waals surface area (Å²) >= 11 is 0. The number of piperidine rings is 1. The van der Waals surface area contributed by atoms with E-state index in [1.807, 2.05) is 17.0 Å². The third kappa shape index (κ3) is 5.50. The van der Waals surface area contributed by atoms with Gasteiger partial charge in [0, 0.05) is 38.3 Å². The second-order valence-electron chi connectivity index (χ2n) is 8.84. The van der Waals surface area contributed by atoms with Crippen molar-refractivity contribution in [1.29, 1.82) is 0 Å². The van der Waals surface area contributed by atoms with Gasteiger partial charge in [-0.2, -0.15) is 0 Å². The molecule has 30 heavy (non-hydrogen) atoms. The van der Waals surface area contributed by atoms with Gasteiger partial charge in [-0.1, -0.05) is 49.4 Å². The summed E-state index contributed by atoms with van der Waals surface area (Å²) in [6, 6.07) is 19.2. The van der Waals surface area contributed by atoms with Gasteiger partial charge in [-0.15, -0.1) is 0 Å². The van der Waals surface area contributed by atoms with Crippen molar-refractivity contribution in [2.24, 2.45) is 5.92 Å².